The average Bonchev–Trinajstić information content (AvgIpc) is 2.69. The molecule has 1 aliphatic carbocycles. The first-order valence-corrected chi connectivity index (χ1v) is 10.4. The topological polar surface area (TPSA) is 69.0 Å². The normalized spacial score (nSPS) is 26.8. The number of hydrogen-bond donors (Lipinski definition) is 2. The summed E-state index contributed by atoms with van der Waals surface area (Å²) in [5.74, 6) is 2.66. The predicted octanol–water partition coefficient (Wildman–Crippen LogP) is 4.29. The second-order valence-electron chi connectivity index (χ2n) is 8.17. The second kappa shape index (κ2) is 7.92. The van der Waals surface area contributed by atoms with E-state index in [0.29, 0.717) is 17.4 Å². The van der Waals surface area contributed by atoms with Gasteiger partial charge in [0.2, 0.25) is 0 Å². The number of benzene rings is 1. The molecule has 4 unspecified atom stereocenters. The number of aliphatic hydroxyl groups is 1. The Morgan fingerprint density at radius 3 is 2.86 bits per heavy atom. The van der Waals surface area contributed by atoms with Crippen LogP contribution in [0.5, 0.6) is 5.75 Å². The monoisotopic (exact) mass is 379 g/mol. The van der Waals surface area contributed by atoms with Gasteiger partial charge in [0.15, 0.2) is 0 Å². The van der Waals surface area contributed by atoms with Crippen LogP contribution in [-0.2, 0) is 0 Å². The molecule has 1 aromatic carbocycles. The van der Waals surface area contributed by atoms with Crippen molar-refractivity contribution in [1.29, 1.82) is 0 Å². The van der Waals surface area contributed by atoms with Gasteiger partial charge in [-0.2, -0.15) is 0 Å². The van der Waals surface area contributed by atoms with Crippen molar-refractivity contribution in [3.05, 3.63) is 42.5 Å². The van der Waals surface area contributed by atoms with Crippen LogP contribution in [0.4, 0.5) is 5.82 Å². The highest BCUT2D eigenvalue weighted by atomic mass is 16.3. The van der Waals surface area contributed by atoms with Gasteiger partial charge in [0.05, 0.1) is 12.1 Å². The number of nitrogens with zero attached hydrogens (tertiary/aromatic N) is 3. The standard InChI is InChI=1S/C23H29N3O2/c1-3-4-12-26(20-10-8-16-6-5-7-18(27)22(16)24-20)21-11-9-17-13-15(2)14-19(28)23(17)25-21/h5-11,15,17,19,23,27-28H,3-4,12-14H2,1-2H3. The van der Waals surface area contributed by atoms with Crippen LogP contribution in [0.25, 0.3) is 10.9 Å². The third-order valence-corrected chi connectivity index (χ3v) is 5.90. The number of para-hydroxylation sites is 1. The summed E-state index contributed by atoms with van der Waals surface area (Å²) in [6, 6.07) is 9.34. The summed E-state index contributed by atoms with van der Waals surface area (Å²) in [7, 11) is 0. The first-order chi connectivity index (χ1) is 13.6. The van der Waals surface area contributed by atoms with Crippen molar-refractivity contribution in [3.8, 4) is 5.75 Å². The molecule has 4 atom stereocenters. The molecule has 2 N–H and O–H groups in total. The lowest BCUT2D eigenvalue weighted by molar-refractivity contribution is 0.0654. The molecule has 5 heteroatoms. The van der Waals surface area contributed by atoms with Gasteiger partial charge in [0.1, 0.15) is 22.9 Å². The van der Waals surface area contributed by atoms with Gasteiger partial charge in [-0.05, 0) is 49.5 Å². The average molecular weight is 380 g/mol. The van der Waals surface area contributed by atoms with E-state index in [2.05, 4.69) is 30.9 Å². The fraction of sp³-hybridized carbons (Fsp3) is 0.478. The van der Waals surface area contributed by atoms with Gasteiger partial charge < -0.3 is 15.1 Å². The maximum atomic E-state index is 10.6. The molecule has 2 aliphatic rings. The van der Waals surface area contributed by atoms with E-state index in [1.165, 1.54) is 0 Å². The van der Waals surface area contributed by atoms with Gasteiger partial charge in [-0.3, -0.25) is 4.99 Å². The zero-order chi connectivity index (χ0) is 19.7. The molecular weight excluding hydrogens is 350 g/mol. The van der Waals surface area contributed by atoms with Gasteiger partial charge in [-0.15, -0.1) is 0 Å². The largest absolute Gasteiger partial charge is 0.506 e. The molecule has 148 valence electrons. The molecule has 0 radical (unpaired) electrons. The van der Waals surface area contributed by atoms with Crippen molar-refractivity contribution in [2.24, 2.45) is 16.8 Å². The third kappa shape index (κ3) is 3.63. The number of aliphatic hydroxyl groups excluding tert-OH is 1. The second-order valence-corrected chi connectivity index (χ2v) is 8.17. The van der Waals surface area contributed by atoms with E-state index in [1.807, 2.05) is 24.3 Å². The van der Waals surface area contributed by atoms with Crippen molar-refractivity contribution in [2.45, 2.75) is 51.7 Å². The van der Waals surface area contributed by atoms with Gasteiger partial charge in [0, 0.05) is 17.8 Å². The summed E-state index contributed by atoms with van der Waals surface area (Å²) in [6.07, 6.45) is 7.87. The molecule has 4 rings (SSSR count). The fourth-order valence-electron chi connectivity index (χ4n) is 4.41. The van der Waals surface area contributed by atoms with E-state index in [1.54, 1.807) is 6.07 Å². The van der Waals surface area contributed by atoms with Crippen LogP contribution >= 0.6 is 0 Å². The number of rotatable bonds is 4. The molecule has 0 bridgehead atoms. The Balaban J connectivity index is 1.70. The number of aliphatic imine (C=N–C) groups is 1. The van der Waals surface area contributed by atoms with Crippen LogP contribution in [0, 0.1) is 11.8 Å². The van der Waals surface area contributed by atoms with E-state index < -0.39 is 6.10 Å². The lowest BCUT2D eigenvalue weighted by atomic mass is 9.76. The van der Waals surface area contributed by atoms with E-state index >= 15 is 0 Å². The van der Waals surface area contributed by atoms with Crippen LogP contribution in [0.1, 0.15) is 39.5 Å². The van der Waals surface area contributed by atoms with Crippen molar-refractivity contribution in [2.75, 3.05) is 11.4 Å². The Morgan fingerprint density at radius 2 is 2.04 bits per heavy atom. The number of anilines is 1. The Morgan fingerprint density at radius 1 is 1.18 bits per heavy atom. The fourth-order valence-corrected chi connectivity index (χ4v) is 4.41. The number of hydrogen-bond acceptors (Lipinski definition) is 5. The number of amidine groups is 1. The minimum absolute atomic E-state index is 0.0748. The molecule has 2 aromatic rings. The molecule has 1 aliphatic heterocycles. The first kappa shape index (κ1) is 18.9. The van der Waals surface area contributed by atoms with Gasteiger partial charge >= 0.3 is 0 Å². The SMILES string of the molecule is CCCCN(C1=NC2C(O)CC(C)CC2C=C1)c1ccc2cccc(O)c2n1. The number of fused-ring (bicyclic) bond motifs is 2. The van der Waals surface area contributed by atoms with Crippen LogP contribution in [0.3, 0.4) is 0 Å². The maximum absolute atomic E-state index is 10.6. The molecule has 1 aromatic heterocycles. The highest BCUT2D eigenvalue weighted by Crippen LogP contribution is 2.35. The summed E-state index contributed by atoms with van der Waals surface area (Å²) >= 11 is 0. The number of unbranched alkanes of at least 4 members (excludes halogenated alkanes) is 1. The number of pyridine rings is 1. The number of dihydropyridines is 1. The summed E-state index contributed by atoms with van der Waals surface area (Å²) in [5, 5.41) is 21.7. The summed E-state index contributed by atoms with van der Waals surface area (Å²) in [5.41, 5.74) is 0.603. The zero-order valence-electron chi connectivity index (χ0n) is 16.6. The molecular formula is C23H29N3O2. The van der Waals surface area contributed by atoms with Crippen molar-refractivity contribution in [3.63, 3.8) is 0 Å². The Bertz CT molecular complexity index is 908. The highest BCUT2D eigenvalue weighted by molar-refractivity contribution is 6.06. The molecule has 1 fully saturated rings. The molecule has 28 heavy (non-hydrogen) atoms. The van der Waals surface area contributed by atoms with Crippen molar-refractivity contribution >= 4 is 22.6 Å². The number of phenols is 1. The van der Waals surface area contributed by atoms with Crippen LogP contribution in [0.15, 0.2) is 47.5 Å². The van der Waals surface area contributed by atoms with E-state index in [0.717, 1.165) is 49.3 Å². The van der Waals surface area contributed by atoms with Crippen molar-refractivity contribution < 1.29 is 10.2 Å². The smallest absolute Gasteiger partial charge is 0.141 e. The van der Waals surface area contributed by atoms with Crippen LogP contribution in [0.2, 0.25) is 0 Å². The minimum atomic E-state index is -0.393. The highest BCUT2D eigenvalue weighted by Gasteiger charge is 2.36. The predicted molar refractivity (Wildman–Crippen MR) is 114 cm³/mol. The first-order valence-electron chi connectivity index (χ1n) is 10.4. The Hall–Kier alpha value is -2.40. The number of aromatic nitrogens is 1. The molecule has 0 amide bonds. The number of aromatic hydroxyl groups is 1. The number of phenolic OH excluding ortho intramolecular Hbond substituents is 1. The lowest BCUT2D eigenvalue weighted by Crippen LogP contribution is -2.43. The quantitative estimate of drug-likeness (QED) is 0.831. The van der Waals surface area contributed by atoms with E-state index in [9.17, 15) is 10.2 Å². The molecule has 1 saturated carbocycles. The summed E-state index contributed by atoms with van der Waals surface area (Å²) in [6.45, 7) is 5.17. The Labute approximate surface area is 166 Å². The van der Waals surface area contributed by atoms with Crippen molar-refractivity contribution in [1.82, 2.24) is 4.98 Å². The maximum Gasteiger partial charge on any atom is 0.141 e. The molecule has 5 nitrogen and oxygen atoms in total. The van der Waals surface area contributed by atoms with E-state index in [4.69, 9.17) is 9.98 Å². The van der Waals surface area contributed by atoms with Crippen LogP contribution < -0.4 is 4.90 Å². The summed E-state index contributed by atoms with van der Waals surface area (Å²) < 4.78 is 0. The van der Waals surface area contributed by atoms with Crippen LogP contribution in [-0.4, -0.2) is 39.7 Å². The lowest BCUT2D eigenvalue weighted by Gasteiger charge is -2.38. The third-order valence-electron chi connectivity index (χ3n) is 5.90. The van der Waals surface area contributed by atoms with E-state index in [-0.39, 0.29) is 11.8 Å². The summed E-state index contributed by atoms with van der Waals surface area (Å²) in [4.78, 5) is 11.8. The van der Waals surface area contributed by atoms with Gasteiger partial charge in [0.25, 0.3) is 0 Å². The van der Waals surface area contributed by atoms with Gasteiger partial charge in [-0.25, -0.2) is 4.98 Å². The molecule has 2 heterocycles. The molecule has 0 spiro atoms. The Kier molecular flexibility index (Phi) is 5.36. The minimum Gasteiger partial charge on any atom is -0.506 e. The zero-order valence-corrected chi connectivity index (χ0v) is 16.6. The van der Waals surface area contributed by atoms with Gasteiger partial charge in [-0.1, -0.05) is 38.5 Å². The molecule has 0 saturated heterocycles.